The normalized spacial score (nSPS) is 19.5. The first-order valence-corrected chi connectivity index (χ1v) is 7.77. The Kier molecular flexibility index (Phi) is 5.41. The SMILES string of the molecule is CC(C)N1C[C@@H](NC(=O)NC[C@H](C)Cn2cccn2)CC1=O. The van der Waals surface area contributed by atoms with Crippen LogP contribution in [0.3, 0.4) is 0 Å². The molecule has 1 aliphatic heterocycles. The van der Waals surface area contributed by atoms with E-state index in [1.807, 2.05) is 30.8 Å². The van der Waals surface area contributed by atoms with Crippen LogP contribution < -0.4 is 10.6 Å². The minimum atomic E-state index is -0.212. The fraction of sp³-hybridized carbons (Fsp3) is 0.667. The molecule has 1 aromatic rings. The van der Waals surface area contributed by atoms with Gasteiger partial charge in [-0.2, -0.15) is 5.10 Å². The molecule has 0 radical (unpaired) electrons. The number of hydrogen-bond donors (Lipinski definition) is 2. The van der Waals surface area contributed by atoms with Gasteiger partial charge in [0.1, 0.15) is 0 Å². The van der Waals surface area contributed by atoms with E-state index in [2.05, 4.69) is 22.7 Å². The van der Waals surface area contributed by atoms with Crippen LogP contribution in [0.2, 0.25) is 0 Å². The third kappa shape index (κ3) is 4.47. The Morgan fingerprint density at radius 1 is 1.45 bits per heavy atom. The topological polar surface area (TPSA) is 79.3 Å². The first kappa shape index (κ1) is 16.3. The van der Waals surface area contributed by atoms with Gasteiger partial charge in [0.15, 0.2) is 0 Å². The summed E-state index contributed by atoms with van der Waals surface area (Å²) in [4.78, 5) is 25.5. The van der Waals surface area contributed by atoms with E-state index < -0.39 is 0 Å². The molecule has 3 amide bonds. The minimum Gasteiger partial charge on any atom is -0.338 e. The molecular weight excluding hydrogens is 282 g/mol. The van der Waals surface area contributed by atoms with E-state index in [4.69, 9.17) is 0 Å². The highest BCUT2D eigenvalue weighted by Crippen LogP contribution is 2.14. The summed E-state index contributed by atoms with van der Waals surface area (Å²) >= 11 is 0. The number of hydrogen-bond acceptors (Lipinski definition) is 3. The Balaban J connectivity index is 1.69. The van der Waals surface area contributed by atoms with Crippen molar-refractivity contribution in [3.8, 4) is 0 Å². The number of likely N-dealkylation sites (tertiary alicyclic amines) is 1. The van der Waals surface area contributed by atoms with Crippen molar-refractivity contribution in [3.05, 3.63) is 18.5 Å². The summed E-state index contributed by atoms with van der Waals surface area (Å²) in [5.41, 5.74) is 0. The molecule has 2 atom stereocenters. The van der Waals surface area contributed by atoms with Gasteiger partial charge in [-0.3, -0.25) is 9.48 Å². The number of aromatic nitrogens is 2. The molecule has 7 nitrogen and oxygen atoms in total. The molecule has 2 N–H and O–H groups in total. The number of amides is 3. The zero-order valence-electron chi connectivity index (χ0n) is 13.5. The molecule has 7 heteroatoms. The van der Waals surface area contributed by atoms with Crippen LogP contribution >= 0.6 is 0 Å². The molecule has 1 aliphatic rings. The summed E-state index contributed by atoms with van der Waals surface area (Å²) in [5.74, 6) is 0.385. The van der Waals surface area contributed by atoms with Gasteiger partial charge in [-0.15, -0.1) is 0 Å². The van der Waals surface area contributed by atoms with Gasteiger partial charge in [0.05, 0.1) is 6.04 Å². The largest absolute Gasteiger partial charge is 0.338 e. The molecule has 22 heavy (non-hydrogen) atoms. The maximum absolute atomic E-state index is 11.9. The van der Waals surface area contributed by atoms with Gasteiger partial charge >= 0.3 is 6.03 Å². The van der Waals surface area contributed by atoms with Crippen molar-refractivity contribution < 1.29 is 9.59 Å². The predicted molar refractivity (Wildman–Crippen MR) is 83.2 cm³/mol. The van der Waals surface area contributed by atoms with Crippen LogP contribution in [-0.4, -0.2) is 51.8 Å². The summed E-state index contributed by atoms with van der Waals surface area (Å²) in [7, 11) is 0. The quantitative estimate of drug-likeness (QED) is 0.817. The molecule has 0 spiro atoms. The third-order valence-electron chi connectivity index (χ3n) is 3.79. The smallest absolute Gasteiger partial charge is 0.315 e. The first-order chi connectivity index (χ1) is 10.5. The first-order valence-electron chi connectivity index (χ1n) is 7.77. The van der Waals surface area contributed by atoms with Gasteiger partial charge in [-0.1, -0.05) is 6.92 Å². The number of rotatable bonds is 6. The Bertz CT molecular complexity index is 500. The molecule has 1 fully saturated rings. The van der Waals surface area contributed by atoms with Crippen molar-refractivity contribution in [3.63, 3.8) is 0 Å². The summed E-state index contributed by atoms with van der Waals surface area (Å²) in [5, 5.41) is 9.88. The van der Waals surface area contributed by atoms with Gasteiger partial charge < -0.3 is 15.5 Å². The lowest BCUT2D eigenvalue weighted by molar-refractivity contribution is -0.129. The highest BCUT2D eigenvalue weighted by Gasteiger charge is 2.31. The number of carbonyl (C=O) groups excluding carboxylic acids is 2. The molecule has 122 valence electrons. The lowest BCUT2D eigenvalue weighted by Gasteiger charge is -2.21. The molecule has 2 rings (SSSR count). The Hall–Kier alpha value is -2.05. The minimum absolute atomic E-state index is 0.101. The Morgan fingerprint density at radius 2 is 2.23 bits per heavy atom. The predicted octanol–water partition coefficient (Wildman–Crippen LogP) is 0.828. The fourth-order valence-electron chi connectivity index (χ4n) is 2.62. The number of urea groups is 1. The van der Waals surface area contributed by atoms with E-state index in [1.54, 1.807) is 11.1 Å². The second kappa shape index (κ2) is 7.29. The van der Waals surface area contributed by atoms with Crippen molar-refractivity contribution >= 4 is 11.9 Å². The van der Waals surface area contributed by atoms with E-state index >= 15 is 0 Å². The van der Waals surface area contributed by atoms with E-state index in [1.165, 1.54) is 0 Å². The van der Waals surface area contributed by atoms with Gasteiger partial charge in [0.2, 0.25) is 5.91 Å². The average Bonchev–Trinajstić information content (AvgIpc) is 3.06. The van der Waals surface area contributed by atoms with Gasteiger partial charge in [-0.05, 0) is 25.8 Å². The standard InChI is InChI=1S/C15H25N5O2/c1-11(2)20-10-13(7-14(20)21)18-15(22)16-8-12(3)9-19-6-4-5-17-19/h4-6,11-13H,7-10H2,1-3H3,(H2,16,18,22)/t12-,13-/m0/s1. The zero-order chi connectivity index (χ0) is 16.1. The Labute approximate surface area is 131 Å². The summed E-state index contributed by atoms with van der Waals surface area (Å²) in [6, 6.07) is 1.74. The van der Waals surface area contributed by atoms with E-state index in [-0.39, 0.29) is 29.9 Å². The monoisotopic (exact) mass is 307 g/mol. The molecule has 0 bridgehead atoms. The van der Waals surface area contributed by atoms with Crippen LogP contribution in [0.25, 0.3) is 0 Å². The number of carbonyl (C=O) groups is 2. The van der Waals surface area contributed by atoms with Crippen LogP contribution in [-0.2, 0) is 11.3 Å². The number of nitrogens with zero attached hydrogens (tertiary/aromatic N) is 3. The maximum Gasteiger partial charge on any atom is 0.315 e. The van der Waals surface area contributed by atoms with Crippen LogP contribution in [0.4, 0.5) is 4.79 Å². The van der Waals surface area contributed by atoms with Gasteiger partial charge in [0.25, 0.3) is 0 Å². The third-order valence-corrected chi connectivity index (χ3v) is 3.79. The van der Waals surface area contributed by atoms with Crippen LogP contribution in [0.15, 0.2) is 18.5 Å². The second-order valence-electron chi connectivity index (χ2n) is 6.23. The van der Waals surface area contributed by atoms with Crippen LogP contribution in [0.1, 0.15) is 27.2 Å². The van der Waals surface area contributed by atoms with Gasteiger partial charge in [-0.25, -0.2) is 4.79 Å². The Morgan fingerprint density at radius 3 is 2.82 bits per heavy atom. The number of nitrogens with one attached hydrogen (secondary N) is 2. The molecular formula is C15H25N5O2. The molecule has 0 aromatic carbocycles. The molecule has 0 aliphatic carbocycles. The molecule has 1 aromatic heterocycles. The lowest BCUT2D eigenvalue weighted by Crippen LogP contribution is -2.45. The summed E-state index contributed by atoms with van der Waals surface area (Å²) in [6.07, 6.45) is 4.03. The van der Waals surface area contributed by atoms with E-state index in [0.29, 0.717) is 19.5 Å². The molecule has 1 saturated heterocycles. The van der Waals surface area contributed by atoms with Crippen molar-refractivity contribution in [2.75, 3.05) is 13.1 Å². The van der Waals surface area contributed by atoms with Crippen molar-refractivity contribution in [2.45, 2.75) is 45.8 Å². The van der Waals surface area contributed by atoms with E-state index in [0.717, 1.165) is 6.54 Å². The fourth-order valence-corrected chi connectivity index (χ4v) is 2.62. The lowest BCUT2D eigenvalue weighted by atomic mass is 10.2. The van der Waals surface area contributed by atoms with Crippen molar-refractivity contribution in [1.82, 2.24) is 25.3 Å². The van der Waals surface area contributed by atoms with Crippen LogP contribution in [0.5, 0.6) is 0 Å². The molecule has 0 saturated carbocycles. The summed E-state index contributed by atoms with van der Waals surface area (Å²) in [6.45, 7) is 7.94. The van der Waals surface area contributed by atoms with E-state index in [9.17, 15) is 9.59 Å². The van der Waals surface area contributed by atoms with Gasteiger partial charge in [0, 0.05) is 44.5 Å². The van der Waals surface area contributed by atoms with Crippen molar-refractivity contribution in [1.29, 1.82) is 0 Å². The molecule has 2 heterocycles. The highest BCUT2D eigenvalue weighted by atomic mass is 16.2. The molecule has 0 unspecified atom stereocenters. The summed E-state index contributed by atoms with van der Waals surface area (Å²) < 4.78 is 1.85. The van der Waals surface area contributed by atoms with Crippen molar-refractivity contribution in [2.24, 2.45) is 5.92 Å². The zero-order valence-corrected chi connectivity index (χ0v) is 13.5. The average molecular weight is 307 g/mol. The highest BCUT2D eigenvalue weighted by molar-refractivity contribution is 5.81. The van der Waals surface area contributed by atoms with Crippen LogP contribution in [0, 0.1) is 5.92 Å². The second-order valence-corrected chi connectivity index (χ2v) is 6.23. The maximum atomic E-state index is 11.9.